The van der Waals surface area contributed by atoms with Gasteiger partial charge in [-0.15, -0.1) is 0 Å². The van der Waals surface area contributed by atoms with Crippen LogP contribution in [0.5, 0.6) is 0 Å². The molecular weight excluding hydrogens is 533 g/mol. The fourth-order valence-electron chi connectivity index (χ4n) is 4.50. The van der Waals surface area contributed by atoms with E-state index in [0.29, 0.717) is 41.2 Å². The first-order chi connectivity index (χ1) is 19.5. The van der Waals surface area contributed by atoms with Crippen LogP contribution in [0.1, 0.15) is 40.0 Å². The smallest absolute Gasteiger partial charge is 0.352 e. The molecule has 1 amide bonds. The van der Waals surface area contributed by atoms with Gasteiger partial charge in [0.25, 0.3) is 11.5 Å². The Morgan fingerprint density at radius 1 is 1.05 bits per heavy atom. The van der Waals surface area contributed by atoms with E-state index in [9.17, 15) is 22.8 Å². The summed E-state index contributed by atoms with van der Waals surface area (Å²) in [5.41, 5.74) is 0.467. The van der Waals surface area contributed by atoms with Gasteiger partial charge in [0.15, 0.2) is 0 Å². The number of hydrogen-bond donors (Lipinski definition) is 1. The number of carbonyl (C=O) groups excluding carboxylic acids is 1. The molecule has 4 rings (SSSR count). The molecule has 8 nitrogen and oxygen atoms in total. The quantitative estimate of drug-likeness (QED) is 0.291. The summed E-state index contributed by atoms with van der Waals surface area (Å²) >= 11 is 0. The Balaban J connectivity index is 1.85. The monoisotopic (exact) mass is 562 g/mol. The van der Waals surface area contributed by atoms with E-state index in [1.165, 1.54) is 24.4 Å². The summed E-state index contributed by atoms with van der Waals surface area (Å²) in [4.78, 5) is 29.0. The second-order valence-electron chi connectivity index (χ2n) is 9.80. The molecule has 0 saturated carbocycles. The first kappa shape index (κ1) is 29.3. The predicted octanol–water partition coefficient (Wildman–Crippen LogP) is 4.96. The maximum atomic E-state index is 13.7. The molecule has 0 aliphatic carbocycles. The van der Waals surface area contributed by atoms with E-state index in [1.54, 1.807) is 41.9 Å². The van der Waals surface area contributed by atoms with Crippen LogP contribution in [0, 0.1) is 18.3 Å². The molecule has 212 valence electrons. The van der Waals surface area contributed by atoms with E-state index in [4.69, 9.17) is 5.26 Å². The van der Waals surface area contributed by atoms with Gasteiger partial charge >= 0.3 is 6.18 Å². The number of pyridine rings is 1. The molecule has 0 unspecified atom stereocenters. The van der Waals surface area contributed by atoms with E-state index in [1.807, 2.05) is 19.0 Å². The summed E-state index contributed by atoms with van der Waals surface area (Å²) in [6.45, 7) is 2.78. The number of carbonyl (C=O) groups is 1. The number of hydrogen-bond acceptors (Lipinski definition) is 5. The Bertz CT molecular complexity index is 1650. The SMILES string of the molecule is Cc1c(-c2ccnn2-c2ccc(C#N)cc2)cc(C(=O)NCCCCN(C)C)c(=O)n1-c1cccc(C(F)(F)F)c1. The van der Waals surface area contributed by atoms with Crippen molar-refractivity contribution in [3.8, 4) is 28.7 Å². The van der Waals surface area contributed by atoms with Crippen LogP contribution in [0.2, 0.25) is 0 Å². The number of unbranched alkanes of at least 4 members (excludes halogenated alkanes) is 1. The number of amides is 1. The van der Waals surface area contributed by atoms with E-state index >= 15 is 0 Å². The average molecular weight is 563 g/mol. The molecule has 0 saturated heterocycles. The summed E-state index contributed by atoms with van der Waals surface area (Å²) in [5.74, 6) is -0.619. The highest BCUT2D eigenvalue weighted by atomic mass is 19.4. The Morgan fingerprint density at radius 2 is 1.78 bits per heavy atom. The third kappa shape index (κ3) is 6.56. The normalized spacial score (nSPS) is 11.5. The summed E-state index contributed by atoms with van der Waals surface area (Å²) in [6, 6.07) is 16.3. The van der Waals surface area contributed by atoms with E-state index in [0.717, 1.165) is 29.7 Å². The van der Waals surface area contributed by atoms with Crippen molar-refractivity contribution >= 4 is 5.91 Å². The number of benzene rings is 2. The van der Waals surface area contributed by atoms with Crippen molar-refractivity contribution in [2.75, 3.05) is 27.2 Å². The van der Waals surface area contributed by atoms with Crippen LogP contribution in [0.4, 0.5) is 13.2 Å². The fraction of sp³-hybridized carbons (Fsp3) is 0.267. The molecule has 1 N–H and O–H groups in total. The van der Waals surface area contributed by atoms with Gasteiger partial charge in [-0.25, -0.2) is 4.68 Å². The number of nitriles is 1. The maximum absolute atomic E-state index is 13.7. The van der Waals surface area contributed by atoms with Gasteiger partial charge in [0, 0.05) is 23.5 Å². The number of nitrogens with one attached hydrogen (secondary N) is 1. The Hall–Kier alpha value is -4.69. The Kier molecular flexibility index (Phi) is 8.74. The standard InChI is InChI=1S/C30H29F3N6O2/c1-20-25(27-13-15-36-39(27)23-11-9-21(19-34)10-12-23)18-26(28(40)35-14-4-5-16-37(2)3)29(41)38(20)24-8-6-7-22(17-24)30(31,32)33/h6-13,15,17-18H,4-5,14,16H2,1-3H3,(H,35,40). The molecule has 4 aromatic rings. The molecule has 0 bridgehead atoms. The van der Waals surface area contributed by atoms with Gasteiger partial charge in [-0.3, -0.25) is 14.2 Å². The maximum Gasteiger partial charge on any atom is 0.416 e. The second kappa shape index (κ2) is 12.2. The van der Waals surface area contributed by atoms with Gasteiger partial charge in [-0.2, -0.15) is 23.5 Å². The van der Waals surface area contributed by atoms with E-state index in [2.05, 4.69) is 16.5 Å². The van der Waals surface area contributed by atoms with Crippen LogP contribution in [-0.2, 0) is 6.18 Å². The molecule has 2 aromatic heterocycles. The van der Waals surface area contributed by atoms with E-state index < -0.39 is 23.2 Å². The lowest BCUT2D eigenvalue weighted by atomic mass is 10.0. The van der Waals surface area contributed by atoms with Crippen molar-refractivity contribution in [1.82, 2.24) is 24.6 Å². The zero-order valence-electron chi connectivity index (χ0n) is 22.9. The van der Waals surface area contributed by atoms with Gasteiger partial charge in [-0.1, -0.05) is 6.07 Å². The van der Waals surface area contributed by atoms with Crippen LogP contribution in [-0.4, -0.2) is 52.3 Å². The molecule has 0 spiro atoms. The minimum Gasteiger partial charge on any atom is -0.352 e. The average Bonchev–Trinajstić information content (AvgIpc) is 3.42. The van der Waals surface area contributed by atoms with Gasteiger partial charge < -0.3 is 10.2 Å². The van der Waals surface area contributed by atoms with Crippen LogP contribution < -0.4 is 10.9 Å². The number of halogens is 3. The van der Waals surface area contributed by atoms with E-state index in [-0.39, 0.29) is 11.3 Å². The zero-order chi connectivity index (χ0) is 29.7. The summed E-state index contributed by atoms with van der Waals surface area (Å²) < 4.78 is 43.4. The zero-order valence-corrected chi connectivity index (χ0v) is 22.9. The molecule has 0 fully saturated rings. The largest absolute Gasteiger partial charge is 0.416 e. The van der Waals surface area contributed by atoms with Crippen LogP contribution in [0.3, 0.4) is 0 Å². The van der Waals surface area contributed by atoms with Crippen molar-refractivity contribution in [3.05, 3.63) is 99.6 Å². The third-order valence-electron chi connectivity index (χ3n) is 6.60. The predicted molar refractivity (Wildman–Crippen MR) is 149 cm³/mol. The molecule has 11 heteroatoms. The Labute approximate surface area is 235 Å². The van der Waals surface area contributed by atoms with Gasteiger partial charge in [0.1, 0.15) is 5.56 Å². The summed E-state index contributed by atoms with van der Waals surface area (Å²) in [5, 5.41) is 16.3. The minimum absolute atomic E-state index is 0.0198. The lowest BCUT2D eigenvalue weighted by molar-refractivity contribution is -0.137. The van der Waals surface area contributed by atoms with Gasteiger partial charge in [-0.05, 0) is 95.0 Å². The highest BCUT2D eigenvalue weighted by Gasteiger charge is 2.31. The van der Waals surface area contributed by atoms with Crippen molar-refractivity contribution in [3.63, 3.8) is 0 Å². The lowest BCUT2D eigenvalue weighted by Gasteiger charge is -2.19. The molecule has 2 heterocycles. The Morgan fingerprint density at radius 3 is 2.44 bits per heavy atom. The van der Waals surface area contributed by atoms with Crippen LogP contribution in [0.25, 0.3) is 22.6 Å². The third-order valence-corrected chi connectivity index (χ3v) is 6.60. The molecule has 0 radical (unpaired) electrons. The topological polar surface area (TPSA) is 95.9 Å². The highest BCUT2D eigenvalue weighted by molar-refractivity contribution is 5.95. The fourth-order valence-corrected chi connectivity index (χ4v) is 4.50. The molecule has 2 aromatic carbocycles. The van der Waals surface area contributed by atoms with Crippen LogP contribution >= 0.6 is 0 Å². The molecule has 0 aliphatic heterocycles. The summed E-state index contributed by atoms with van der Waals surface area (Å²) in [6.07, 6.45) is -1.55. The number of alkyl halides is 3. The van der Waals surface area contributed by atoms with Crippen molar-refractivity contribution < 1.29 is 18.0 Å². The molecule has 41 heavy (non-hydrogen) atoms. The number of aromatic nitrogens is 3. The molecule has 0 atom stereocenters. The minimum atomic E-state index is -4.62. The van der Waals surface area contributed by atoms with Crippen LogP contribution in [0.15, 0.2) is 71.7 Å². The summed E-state index contributed by atoms with van der Waals surface area (Å²) in [7, 11) is 3.90. The number of rotatable bonds is 9. The van der Waals surface area contributed by atoms with Crippen molar-refractivity contribution in [2.24, 2.45) is 0 Å². The van der Waals surface area contributed by atoms with Crippen molar-refractivity contribution in [1.29, 1.82) is 5.26 Å². The molecule has 0 aliphatic rings. The highest BCUT2D eigenvalue weighted by Crippen LogP contribution is 2.32. The first-order valence-corrected chi connectivity index (χ1v) is 12.9. The van der Waals surface area contributed by atoms with Crippen molar-refractivity contribution in [2.45, 2.75) is 25.9 Å². The lowest BCUT2D eigenvalue weighted by Crippen LogP contribution is -2.34. The molecular formula is C30H29F3N6O2. The second-order valence-corrected chi connectivity index (χ2v) is 9.80. The number of nitrogens with zero attached hydrogens (tertiary/aromatic N) is 5. The first-order valence-electron chi connectivity index (χ1n) is 12.9. The van der Waals surface area contributed by atoms with Gasteiger partial charge in [0.05, 0.1) is 34.8 Å². The van der Waals surface area contributed by atoms with Gasteiger partial charge in [0.2, 0.25) is 0 Å².